The van der Waals surface area contributed by atoms with Crippen molar-refractivity contribution in [2.45, 2.75) is 33.2 Å². The highest BCUT2D eigenvalue weighted by molar-refractivity contribution is 8.26. The molecule has 2 rings (SSSR count). The molecule has 7 heteroatoms. The van der Waals surface area contributed by atoms with Crippen LogP contribution < -0.4 is 0 Å². The molecule has 1 aromatic carbocycles. The summed E-state index contributed by atoms with van der Waals surface area (Å²) in [5.41, 5.74) is 0.854. The molecular weight excluding hydrogens is 320 g/mol. The van der Waals surface area contributed by atoms with Gasteiger partial charge in [-0.25, -0.2) is 0 Å². The quantitative estimate of drug-likeness (QED) is 0.355. The number of rotatable bonds is 2. The monoisotopic (exact) mass is 336 g/mol. The van der Waals surface area contributed by atoms with Crippen LogP contribution in [0.4, 0.5) is 5.69 Å². The molecule has 0 saturated carbocycles. The molecule has 0 N–H and O–H groups in total. The van der Waals surface area contributed by atoms with Gasteiger partial charge in [0.05, 0.1) is 9.83 Å². The lowest BCUT2D eigenvalue weighted by atomic mass is 10.1. The van der Waals surface area contributed by atoms with Crippen LogP contribution in [0, 0.1) is 17.0 Å². The second kappa shape index (κ2) is 5.81. The van der Waals surface area contributed by atoms with E-state index in [-0.39, 0.29) is 11.6 Å². The average Bonchev–Trinajstić information content (AvgIpc) is 2.65. The minimum absolute atomic E-state index is 0.0417. The molecule has 0 unspecified atom stereocenters. The highest BCUT2D eigenvalue weighted by Gasteiger charge is 2.39. The normalized spacial score (nSPS) is 17.5. The second-order valence-electron chi connectivity index (χ2n) is 5.99. The molecule has 1 aromatic rings. The zero-order valence-corrected chi connectivity index (χ0v) is 14.4. The Hall–Kier alpha value is -1.73. The molecule has 1 aliphatic heterocycles. The predicted octanol–water partition coefficient (Wildman–Crippen LogP) is 3.90. The molecule has 0 aromatic heterocycles. The fourth-order valence-corrected chi connectivity index (χ4v) is 3.75. The molecule has 5 nitrogen and oxygen atoms in total. The summed E-state index contributed by atoms with van der Waals surface area (Å²) in [6.07, 6.45) is 1.65. The number of carbonyl (C=O) groups excluding carboxylic acids is 1. The number of amides is 1. The summed E-state index contributed by atoms with van der Waals surface area (Å²) >= 11 is 6.49. The van der Waals surface area contributed by atoms with Crippen molar-refractivity contribution in [3.05, 3.63) is 44.3 Å². The Kier molecular flexibility index (Phi) is 4.39. The van der Waals surface area contributed by atoms with Crippen molar-refractivity contribution < 1.29 is 9.72 Å². The standard InChI is InChI=1S/C15H16N2O3S2/c1-9-5-6-10(7-11(9)17(19)20)8-12-13(18)16(14(21)22-12)15(2,3)4/h5-8H,1-4H3/b12-8+. The number of thiocarbonyl (C=S) groups is 1. The lowest BCUT2D eigenvalue weighted by Crippen LogP contribution is -2.44. The SMILES string of the molecule is Cc1ccc(/C=C2/SC(=S)N(C(C)(C)C)C2=O)cc1[N+](=O)[O-]. The van der Waals surface area contributed by atoms with Crippen molar-refractivity contribution in [1.29, 1.82) is 0 Å². The van der Waals surface area contributed by atoms with E-state index in [1.54, 1.807) is 30.0 Å². The van der Waals surface area contributed by atoms with E-state index in [9.17, 15) is 14.9 Å². The molecule has 0 aliphatic carbocycles. The fourth-order valence-electron chi connectivity index (χ4n) is 2.11. The number of benzene rings is 1. The van der Waals surface area contributed by atoms with Gasteiger partial charge in [0.2, 0.25) is 0 Å². The molecule has 22 heavy (non-hydrogen) atoms. The molecular formula is C15H16N2O3S2. The molecule has 0 bridgehead atoms. The van der Waals surface area contributed by atoms with Crippen LogP contribution >= 0.6 is 24.0 Å². The Morgan fingerprint density at radius 1 is 1.36 bits per heavy atom. The summed E-state index contributed by atoms with van der Waals surface area (Å²) in [7, 11) is 0. The first-order chi connectivity index (χ1) is 10.1. The van der Waals surface area contributed by atoms with Gasteiger partial charge in [-0.05, 0) is 39.3 Å². The van der Waals surface area contributed by atoms with E-state index >= 15 is 0 Å². The van der Waals surface area contributed by atoms with E-state index in [2.05, 4.69) is 0 Å². The van der Waals surface area contributed by atoms with Crippen LogP contribution in [0.1, 0.15) is 31.9 Å². The summed E-state index contributed by atoms with van der Waals surface area (Å²) in [4.78, 5) is 25.1. The number of nitro groups is 1. The smallest absolute Gasteiger partial charge is 0.272 e. The molecule has 0 spiro atoms. The minimum Gasteiger partial charge on any atom is -0.288 e. The first kappa shape index (κ1) is 16.6. The van der Waals surface area contributed by atoms with E-state index in [1.165, 1.54) is 17.8 Å². The lowest BCUT2D eigenvalue weighted by molar-refractivity contribution is -0.385. The number of nitrogens with zero attached hydrogens (tertiary/aromatic N) is 2. The Bertz CT molecular complexity index is 705. The largest absolute Gasteiger partial charge is 0.288 e. The maximum absolute atomic E-state index is 12.5. The van der Waals surface area contributed by atoms with Crippen LogP contribution in [-0.4, -0.2) is 25.6 Å². The van der Waals surface area contributed by atoms with Crippen molar-refractivity contribution in [3.63, 3.8) is 0 Å². The molecule has 0 atom stereocenters. The zero-order chi connectivity index (χ0) is 16.7. The van der Waals surface area contributed by atoms with Crippen molar-refractivity contribution in [2.75, 3.05) is 0 Å². The van der Waals surface area contributed by atoms with Crippen LogP contribution in [0.25, 0.3) is 6.08 Å². The molecule has 116 valence electrons. The second-order valence-corrected chi connectivity index (χ2v) is 7.67. The Labute approximate surface area is 138 Å². The number of aryl methyl sites for hydroxylation is 1. The van der Waals surface area contributed by atoms with Crippen molar-refractivity contribution in [3.8, 4) is 0 Å². The number of nitro benzene ring substituents is 1. The van der Waals surface area contributed by atoms with Crippen LogP contribution in [0.5, 0.6) is 0 Å². The predicted molar refractivity (Wildman–Crippen MR) is 92.6 cm³/mol. The highest BCUT2D eigenvalue weighted by atomic mass is 32.2. The molecule has 0 radical (unpaired) electrons. The van der Waals surface area contributed by atoms with Gasteiger partial charge in [0.15, 0.2) is 0 Å². The van der Waals surface area contributed by atoms with Gasteiger partial charge in [-0.3, -0.25) is 19.8 Å². The van der Waals surface area contributed by atoms with Gasteiger partial charge in [0.25, 0.3) is 11.6 Å². The first-order valence-corrected chi connectivity index (χ1v) is 7.87. The van der Waals surface area contributed by atoms with Gasteiger partial charge in [-0.2, -0.15) is 0 Å². The van der Waals surface area contributed by atoms with Crippen LogP contribution in [0.15, 0.2) is 23.1 Å². The molecule has 1 heterocycles. The van der Waals surface area contributed by atoms with E-state index < -0.39 is 10.5 Å². The van der Waals surface area contributed by atoms with Crippen LogP contribution in [-0.2, 0) is 4.79 Å². The topological polar surface area (TPSA) is 63.5 Å². The van der Waals surface area contributed by atoms with Crippen LogP contribution in [0.3, 0.4) is 0 Å². The number of carbonyl (C=O) groups is 1. The van der Waals surface area contributed by atoms with Gasteiger partial charge in [-0.1, -0.05) is 36.1 Å². The molecule has 1 aliphatic rings. The highest BCUT2D eigenvalue weighted by Crippen LogP contribution is 2.37. The van der Waals surface area contributed by atoms with E-state index in [0.29, 0.717) is 20.4 Å². The minimum atomic E-state index is -0.424. The summed E-state index contributed by atoms with van der Waals surface area (Å²) in [6, 6.07) is 4.90. The third-order valence-electron chi connectivity index (χ3n) is 3.19. The van der Waals surface area contributed by atoms with E-state index in [1.807, 2.05) is 20.8 Å². The maximum atomic E-state index is 12.5. The molecule has 1 fully saturated rings. The van der Waals surface area contributed by atoms with Crippen LogP contribution in [0.2, 0.25) is 0 Å². The summed E-state index contributed by atoms with van der Waals surface area (Å²) in [6.45, 7) is 7.42. The Morgan fingerprint density at radius 3 is 2.50 bits per heavy atom. The third-order valence-corrected chi connectivity index (χ3v) is 4.49. The number of hydrogen-bond donors (Lipinski definition) is 0. The van der Waals surface area contributed by atoms with Gasteiger partial charge in [0.1, 0.15) is 4.32 Å². The van der Waals surface area contributed by atoms with Gasteiger partial charge in [-0.15, -0.1) is 0 Å². The molecule has 1 amide bonds. The van der Waals surface area contributed by atoms with Crippen molar-refractivity contribution in [2.24, 2.45) is 0 Å². The Balaban J connectivity index is 2.39. The van der Waals surface area contributed by atoms with Crippen molar-refractivity contribution >= 4 is 46.0 Å². The zero-order valence-electron chi connectivity index (χ0n) is 12.7. The number of thioether (sulfide) groups is 1. The molecule has 1 saturated heterocycles. The summed E-state index contributed by atoms with van der Waals surface area (Å²) in [5.74, 6) is -0.161. The lowest BCUT2D eigenvalue weighted by Gasteiger charge is -2.30. The van der Waals surface area contributed by atoms with Gasteiger partial charge >= 0.3 is 0 Å². The maximum Gasteiger partial charge on any atom is 0.272 e. The third kappa shape index (κ3) is 3.20. The van der Waals surface area contributed by atoms with E-state index in [0.717, 1.165) is 0 Å². The Morgan fingerprint density at radius 2 is 2.00 bits per heavy atom. The number of hydrogen-bond acceptors (Lipinski definition) is 5. The first-order valence-electron chi connectivity index (χ1n) is 6.64. The van der Waals surface area contributed by atoms with Crippen molar-refractivity contribution in [1.82, 2.24) is 4.90 Å². The average molecular weight is 336 g/mol. The van der Waals surface area contributed by atoms with Gasteiger partial charge < -0.3 is 0 Å². The fraction of sp³-hybridized carbons (Fsp3) is 0.333. The summed E-state index contributed by atoms with van der Waals surface area (Å²) in [5, 5.41) is 11.0. The summed E-state index contributed by atoms with van der Waals surface area (Å²) < 4.78 is 0.505. The van der Waals surface area contributed by atoms with E-state index in [4.69, 9.17) is 12.2 Å². The van der Waals surface area contributed by atoms with Gasteiger partial charge in [0, 0.05) is 17.2 Å².